The number of sulfonamides is 1. The van der Waals surface area contributed by atoms with Crippen LogP contribution in [-0.2, 0) is 26.2 Å². The quantitative estimate of drug-likeness (QED) is 0.524. The second kappa shape index (κ2) is 11.2. The number of hydrogen-bond acceptors (Lipinski definition) is 4. The highest BCUT2D eigenvalue weighted by atomic mass is 35.5. The Labute approximate surface area is 218 Å². The van der Waals surface area contributed by atoms with Gasteiger partial charge in [-0.05, 0) is 70.9 Å². The number of carbonyl (C=O) groups excluding carboxylic acids is 2. The molecule has 0 spiro atoms. The topological polar surface area (TPSA) is 86.8 Å². The van der Waals surface area contributed by atoms with Crippen LogP contribution < -0.4 is 9.62 Å². The summed E-state index contributed by atoms with van der Waals surface area (Å²) < 4.78 is 26.6. The summed E-state index contributed by atoms with van der Waals surface area (Å²) in [5.41, 5.74) is 1.90. The summed E-state index contributed by atoms with van der Waals surface area (Å²) in [6.45, 7) is 10.2. The molecule has 1 unspecified atom stereocenters. The first kappa shape index (κ1) is 28.9. The van der Waals surface area contributed by atoms with Crippen LogP contribution in [0.15, 0.2) is 36.4 Å². The average molecular weight is 543 g/mol. The largest absolute Gasteiger partial charge is 0.350 e. The summed E-state index contributed by atoms with van der Waals surface area (Å²) >= 11 is 12.7. The summed E-state index contributed by atoms with van der Waals surface area (Å²) in [5.74, 6) is -0.949. The minimum Gasteiger partial charge on any atom is -0.350 e. The lowest BCUT2D eigenvalue weighted by Crippen LogP contribution is -2.54. The van der Waals surface area contributed by atoms with Crippen LogP contribution in [0.5, 0.6) is 0 Å². The van der Waals surface area contributed by atoms with E-state index in [0.717, 1.165) is 16.1 Å². The first-order chi connectivity index (χ1) is 16.0. The molecule has 2 aromatic rings. The molecule has 2 amide bonds. The van der Waals surface area contributed by atoms with Crippen LogP contribution in [0.4, 0.5) is 5.69 Å². The highest BCUT2D eigenvalue weighted by Crippen LogP contribution is 2.28. The zero-order valence-electron chi connectivity index (χ0n) is 21.1. The number of nitrogens with one attached hydrogen (secondary N) is 1. The third-order valence-corrected chi connectivity index (χ3v) is 7.20. The Kier molecular flexibility index (Phi) is 9.25. The molecule has 7 nitrogen and oxygen atoms in total. The van der Waals surface area contributed by atoms with E-state index < -0.39 is 34.1 Å². The lowest BCUT2D eigenvalue weighted by atomic mass is 10.1. The number of halogens is 2. The van der Waals surface area contributed by atoms with Crippen molar-refractivity contribution >= 4 is 50.7 Å². The Balaban J connectivity index is 2.51. The van der Waals surface area contributed by atoms with Crippen LogP contribution in [0.3, 0.4) is 0 Å². The van der Waals surface area contributed by atoms with Crippen LogP contribution in [0.25, 0.3) is 0 Å². The predicted molar refractivity (Wildman–Crippen MR) is 142 cm³/mol. The molecule has 0 fully saturated rings. The van der Waals surface area contributed by atoms with Gasteiger partial charge in [-0.1, -0.05) is 41.4 Å². The highest BCUT2D eigenvalue weighted by molar-refractivity contribution is 7.92. The fourth-order valence-corrected chi connectivity index (χ4v) is 4.91. The zero-order chi connectivity index (χ0) is 26.7. The van der Waals surface area contributed by atoms with E-state index in [1.54, 1.807) is 44.2 Å². The van der Waals surface area contributed by atoms with E-state index in [0.29, 0.717) is 26.9 Å². The molecular formula is C25H33Cl2N3O4S. The molecule has 2 rings (SSSR count). The van der Waals surface area contributed by atoms with Crippen LogP contribution >= 0.6 is 23.2 Å². The summed E-state index contributed by atoms with van der Waals surface area (Å²) in [6, 6.07) is 9.43. The number of anilines is 1. The van der Waals surface area contributed by atoms with Crippen molar-refractivity contribution in [3.05, 3.63) is 63.1 Å². The standard InChI is InChI=1S/C25H33Cl2N3O4S/c1-16-11-12-17(2)22(13-16)30(35(7,33)34)15-23(31)29(18(3)24(32)28-25(4,5)6)14-19-20(26)9-8-10-21(19)27/h8-13,18H,14-15H2,1-7H3,(H,28,32). The first-order valence-corrected chi connectivity index (χ1v) is 13.7. The van der Waals surface area contributed by atoms with Crippen LogP contribution in [0.2, 0.25) is 10.0 Å². The molecule has 10 heteroatoms. The molecule has 0 aromatic heterocycles. The Hall–Kier alpha value is -2.29. The predicted octanol–water partition coefficient (Wildman–Crippen LogP) is 4.71. The zero-order valence-corrected chi connectivity index (χ0v) is 23.5. The van der Waals surface area contributed by atoms with Gasteiger partial charge < -0.3 is 10.2 Å². The van der Waals surface area contributed by atoms with Gasteiger partial charge in [-0.3, -0.25) is 13.9 Å². The molecule has 192 valence electrons. The van der Waals surface area contributed by atoms with Gasteiger partial charge in [0.25, 0.3) is 0 Å². The third kappa shape index (κ3) is 7.85. The molecule has 0 aliphatic rings. The van der Waals surface area contributed by atoms with Gasteiger partial charge in [0.15, 0.2) is 0 Å². The van der Waals surface area contributed by atoms with E-state index in [9.17, 15) is 18.0 Å². The van der Waals surface area contributed by atoms with Gasteiger partial charge >= 0.3 is 0 Å². The van der Waals surface area contributed by atoms with E-state index >= 15 is 0 Å². The Bertz CT molecular complexity index is 1190. The van der Waals surface area contributed by atoms with Crippen molar-refractivity contribution in [3.63, 3.8) is 0 Å². The fraction of sp³-hybridized carbons (Fsp3) is 0.440. The van der Waals surface area contributed by atoms with Crippen LogP contribution in [0, 0.1) is 13.8 Å². The van der Waals surface area contributed by atoms with Crippen LogP contribution in [-0.4, -0.2) is 49.5 Å². The van der Waals surface area contributed by atoms with Gasteiger partial charge in [-0.25, -0.2) is 8.42 Å². The van der Waals surface area contributed by atoms with Crippen molar-refractivity contribution in [2.24, 2.45) is 0 Å². The Morgan fingerprint density at radius 3 is 2.14 bits per heavy atom. The molecular weight excluding hydrogens is 509 g/mol. The fourth-order valence-electron chi connectivity index (χ4n) is 3.49. The summed E-state index contributed by atoms with van der Waals surface area (Å²) in [7, 11) is -3.82. The monoisotopic (exact) mass is 541 g/mol. The van der Waals surface area contributed by atoms with Crippen LogP contribution in [0.1, 0.15) is 44.4 Å². The number of aryl methyl sites for hydroxylation is 2. The number of carbonyl (C=O) groups is 2. The maximum atomic E-state index is 13.7. The third-order valence-electron chi connectivity index (χ3n) is 5.37. The minimum absolute atomic E-state index is 0.0690. The van der Waals surface area contributed by atoms with Crippen molar-refractivity contribution < 1.29 is 18.0 Å². The van der Waals surface area contributed by atoms with Crippen molar-refractivity contribution in [1.29, 1.82) is 0 Å². The molecule has 35 heavy (non-hydrogen) atoms. The molecule has 0 radical (unpaired) electrons. The van der Waals surface area contributed by atoms with Gasteiger partial charge in [0.05, 0.1) is 11.9 Å². The van der Waals surface area contributed by atoms with E-state index in [4.69, 9.17) is 23.2 Å². The maximum Gasteiger partial charge on any atom is 0.244 e. The Morgan fingerprint density at radius 1 is 1.06 bits per heavy atom. The molecule has 2 aromatic carbocycles. The second-order valence-corrected chi connectivity index (χ2v) is 12.4. The number of amides is 2. The molecule has 0 saturated carbocycles. The number of nitrogens with zero attached hydrogens (tertiary/aromatic N) is 2. The number of rotatable bonds is 8. The average Bonchev–Trinajstić information content (AvgIpc) is 2.71. The molecule has 0 aliphatic carbocycles. The van der Waals surface area contributed by atoms with E-state index in [1.165, 1.54) is 4.90 Å². The van der Waals surface area contributed by atoms with E-state index in [-0.39, 0.29) is 12.5 Å². The summed E-state index contributed by atoms with van der Waals surface area (Å²) in [5, 5.41) is 3.55. The Morgan fingerprint density at radius 2 is 1.63 bits per heavy atom. The van der Waals surface area contributed by atoms with E-state index in [1.807, 2.05) is 33.8 Å². The molecule has 0 bridgehead atoms. The van der Waals surface area contributed by atoms with Gasteiger partial charge in [0.1, 0.15) is 12.6 Å². The van der Waals surface area contributed by atoms with Crippen molar-refractivity contribution in [2.75, 3.05) is 17.1 Å². The number of benzene rings is 2. The normalized spacial score (nSPS) is 12.7. The van der Waals surface area contributed by atoms with Crippen molar-refractivity contribution in [2.45, 2.75) is 59.7 Å². The second-order valence-electron chi connectivity index (χ2n) is 9.70. The summed E-state index contributed by atoms with van der Waals surface area (Å²) in [6.07, 6.45) is 1.05. The number of hydrogen-bond donors (Lipinski definition) is 1. The summed E-state index contributed by atoms with van der Waals surface area (Å²) in [4.78, 5) is 28.0. The van der Waals surface area contributed by atoms with Gasteiger partial charge in [-0.15, -0.1) is 0 Å². The smallest absolute Gasteiger partial charge is 0.244 e. The molecule has 0 aliphatic heterocycles. The lowest BCUT2D eigenvalue weighted by molar-refractivity contribution is -0.140. The highest BCUT2D eigenvalue weighted by Gasteiger charge is 2.32. The SMILES string of the molecule is Cc1ccc(C)c(N(CC(=O)N(Cc2c(Cl)cccc2Cl)C(C)C(=O)NC(C)(C)C)S(C)(=O)=O)c1. The molecule has 0 saturated heterocycles. The molecule has 1 N–H and O–H groups in total. The lowest BCUT2D eigenvalue weighted by Gasteiger charge is -2.33. The molecule has 0 heterocycles. The van der Waals surface area contributed by atoms with Crippen molar-refractivity contribution in [3.8, 4) is 0 Å². The maximum absolute atomic E-state index is 13.7. The van der Waals surface area contributed by atoms with Gasteiger partial charge in [0, 0.05) is 27.7 Å². The van der Waals surface area contributed by atoms with Gasteiger partial charge in [0.2, 0.25) is 21.8 Å². The van der Waals surface area contributed by atoms with Gasteiger partial charge in [-0.2, -0.15) is 0 Å². The van der Waals surface area contributed by atoms with Crippen molar-refractivity contribution in [1.82, 2.24) is 10.2 Å². The van der Waals surface area contributed by atoms with E-state index in [2.05, 4.69) is 5.32 Å². The minimum atomic E-state index is -3.82. The molecule has 1 atom stereocenters. The first-order valence-electron chi connectivity index (χ1n) is 11.1.